The molecule has 0 spiro atoms. The number of rotatable bonds is 9. The van der Waals surface area contributed by atoms with Gasteiger partial charge in [0.05, 0.1) is 19.1 Å². The topological polar surface area (TPSA) is 133 Å². The van der Waals surface area contributed by atoms with Gasteiger partial charge in [-0.05, 0) is 37.5 Å². The molecule has 1 unspecified atom stereocenters. The Morgan fingerprint density at radius 1 is 1.00 bits per heavy atom. The zero-order chi connectivity index (χ0) is 22.1. The Hall–Kier alpha value is -3.39. The lowest BCUT2D eigenvalue weighted by atomic mass is 10.0. The first kappa shape index (κ1) is 22.9. The van der Waals surface area contributed by atoms with Crippen LogP contribution >= 0.6 is 0 Å². The number of primary amides is 1. The molecule has 2 aromatic rings. The minimum absolute atomic E-state index is 0.0206. The van der Waals surface area contributed by atoms with Gasteiger partial charge >= 0.3 is 11.9 Å². The molecule has 1 fully saturated rings. The van der Waals surface area contributed by atoms with E-state index in [4.69, 9.17) is 5.11 Å². The number of amides is 1. The highest BCUT2D eigenvalue weighted by Gasteiger charge is 2.56. The smallest absolute Gasteiger partial charge is 0.329 e. The molecule has 1 aliphatic carbocycles. The number of nitrogens with one attached hydrogen (secondary N) is 1. The minimum atomic E-state index is -1.00. The van der Waals surface area contributed by atoms with E-state index in [0.29, 0.717) is 12.8 Å². The predicted octanol–water partition coefficient (Wildman–Crippen LogP) is 2.02. The van der Waals surface area contributed by atoms with Crippen molar-refractivity contribution in [3.8, 4) is 0 Å². The van der Waals surface area contributed by atoms with Gasteiger partial charge in [0.2, 0.25) is 5.91 Å². The van der Waals surface area contributed by atoms with Gasteiger partial charge in [-0.15, -0.1) is 0 Å². The highest BCUT2D eigenvalue weighted by Crippen LogP contribution is 2.48. The summed E-state index contributed by atoms with van der Waals surface area (Å²) in [6.07, 6.45) is 1.41. The molecule has 0 radical (unpaired) electrons. The third-order valence-corrected chi connectivity index (χ3v) is 4.86. The van der Waals surface area contributed by atoms with Crippen LogP contribution in [0.2, 0.25) is 0 Å². The van der Waals surface area contributed by atoms with Gasteiger partial charge < -0.3 is 20.8 Å². The van der Waals surface area contributed by atoms with Crippen molar-refractivity contribution in [1.29, 1.82) is 0 Å². The van der Waals surface area contributed by atoms with Gasteiger partial charge in [0, 0.05) is 5.69 Å². The number of benzene rings is 2. The maximum atomic E-state index is 11.8. The van der Waals surface area contributed by atoms with Gasteiger partial charge in [0.25, 0.3) is 0 Å². The van der Waals surface area contributed by atoms with Crippen LogP contribution in [0.4, 0.5) is 5.69 Å². The van der Waals surface area contributed by atoms with Gasteiger partial charge in [0.15, 0.2) is 0 Å². The Kier molecular flexibility index (Phi) is 7.94. The summed E-state index contributed by atoms with van der Waals surface area (Å²) in [6, 6.07) is 19.9. The molecule has 2 aromatic carbocycles. The van der Waals surface area contributed by atoms with Crippen LogP contribution in [0.1, 0.15) is 31.4 Å². The number of hydrogen-bond donors (Lipinski definition) is 4. The van der Waals surface area contributed by atoms with E-state index in [1.807, 2.05) is 48.5 Å². The predicted molar refractivity (Wildman–Crippen MR) is 113 cm³/mol. The normalized spacial score (nSPS) is 14.6. The summed E-state index contributed by atoms with van der Waals surface area (Å²) in [6.45, 7) is 1.75. The van der Waals surface area contributed by atoms with Crippen LogP contribution in [0.5, 0.6) is 0 Å². The van der Waals surface area contributed by atoms with E-state index in [0.717, 1.165) is 11.3 Å². The molecule has 5 N–H and O–H groups in total. The van der Waals surface area contributed by atoms with Crippen molar-refractivity contribution >= 4 is 23.5 Å². The first-order valence-corrected chi connectivity index (χ1v) is 9.61. The van der Waals surface area contributed by atoms with Gasteiger partial charge in [-0.3, -0.25) is 14.9 Å². The highest BCUT2D eigenvalue weighted by molar-refractivity contribution is 5.87. The van der Waals surface area contributed by atoms with E-state index in [1.54, 1.807) is 0 Å². The number of nitrogens with two attached hydrogens (primary N) is 1. The van der Waals surface area contributed by atoms with Crippen LogP contribution < -0.4 is 16.0 Å². The molecule has 160 valence electrons. The first-order valence-electron chi connectivity index (χ1n) is 9.61. The monoisotopic (exact) mass is 413 g/mol. The van der Waals surface area contributed by atoms with E-state index in [2.05, 4.69) is 35.0 Å². The van der Waals surface area contributed by atoms with Gasteiger partial charge in [-0.2, -0.15) is 0 Å². The summed E-state index contributed by atoms with van der Waals surface area (Å²) in [4.78, 5) is 33.6. The lowest BCUT2D eigenvalue weighted by molar-refractivity contribution is -0.140. The van der Waals surface area contributed by atoms with Crippen molar-refractivity contribution in [1.82, 2.24) is 5.32 Å². The maximum absolute atomic E-state index is 11.8. The summed E-state index contributed by atoms with van der Waals surface area (Å²) < 4.78 is 0. The quantitative estimate of drug-likeness (QED) is 0.494. The average molecular weight is 413 g/mol. The average Bonchev–Trinajstić information content (AvgIpc) is 3.51. The second-order valence-corrected chi connectivity index (χ2v) is 7.09. The summed E-state index contributed by atoms with van der Waals surface area (Å²) in [5, 5.41) is 20.0. The van der Waals surface area contributed by atoms with E-state index in [-0.39, 0.29) is 19.1 Å². The second-order valence-electron chi connectivity index (χ2n) is 7.09. The molecule has 1 amide bonds. The van der Waals surface area contributed by atoms with Crippen LogP contribution in [0.3, 0.4) is 0 Å². The van der Waals surface area contributed by atoms with Crippen LogP contribution in [0, 0.1) is 0 Å². The molecule has 1 saturated carbocycles. The zero-order valence-corrected chi connectivity index (χ0v) is 16.8. The fourth-order valence-electron chi connectivity index (χ4n) is 3.28. The number of carboxylic acid groups (broad SMARTS) is 2. The number of hydrogen-bond acceptors (Lipinski definition) is 5. The summed E-state index contributed by atoms with van der Waals surface area (Å²) in [7, 11) is 0. The van der Waals surface area contributed by atoms with Crippen molar-refractivity contribution in [3.63, 3.8) is 0 Å². The fourth-order valence-corrected chi connectivity index (χ4v) is 3.28. The SMILES string of the molecule is CC(c1ccccc1)N(c1ccccc1)C1(C(=O)O)CC1.NC(=O)CNCC(=O)O. The zero-order valence-electron chi connectivity index (χ0n) is 16.8. The van der Waals surface area contributed by atoms with Gasteiger partial charge in [-0.25, -0.2) is 4.79 Å². The number of aliphatic carboxylic acids is 2. The Bertz CT molecular complexity index is 840. The highest BCUT2D eigenvalue weighted by atomic mass is 16.4. The molecule has 1 aliphatic rings. The minimum Gasteiger partial charge on any atom is -0.480 e. The molecule has 3 rings (SSSR count). The molecule has 0 aliphatic heterocycles. The molecule has 0 saturated heterocycles. The second kappa shape index (κ2) is 10.4. The Balaban J connectivity index is 0.000000303. The number of nitrogens with zero attached hydrogens (tertiary/aromatic N) is 1. The standard InChI is InChI=1S/C18H19NO2.C4H8N2O3/c1-14(15-8-4-2-5-9-15)19(16-10-6-3-7-11-16)18(12-13-18)17(20)21;5-3(7)1-6-2-4(8)9/h2-11,14H,12-13H2,1H3,(H,20,21);6H,1-2H2,(H2,5,7)(H,8,9). The first-order chi connectivity index (χ1) is 14.3. The largest absolute Gasteiger partial charge is 0.480 e. The Morgan fingerprint density at radius 2 is 1.53 bits per heavy atom. The molecule has 0 bridgehead atoms. The molecular weight excluding hydrogens is 386 g/mol. The number of carbonyl (C=O) groups is 3. The molecule has 1 atom stereocenters. The van der Waals surface area contributed by atoms with E-state index in [9.17, 15) is 19.5 Å². The lowest BCUT2D eigenvalue weighted by Gasteiger charge is -2.37. The van der Waals surface area contributed by atoms with Crippen LogP contribution in [-0.4, -0.2) is 46.7 Å². The van der Waals surface area contributed by atoms with Gasteiger partial charge in [0.1, 0.15) is 5.54 Å². The summed E-state index contributed by atoms with van der Waals surface area (Å²) >= 11 is 0. The van der Waals surface area contributed by atoms with E-state index < -0.39 is 23.4 Å². The third-order valence-electron chi connectivity index (χ3n) is 4.86. The third kappa shape index (κ3) is 6.05. The van der Waals surface area contributed by atoms with Gasteiger partial charge in [-0.1, -0.05) is 48.5 Å². The Labute approximate surface area is 175 Å². The number of carbonyl (C=O) groups excluding carboxylic acids is 1. The number of para-hydroxylation sites is 1. The van der Waals surface area contributed by atoms with E-state index in [1.165, 1.54) is 0 Å². The van der Waals surface area contributed by atoms with Crippen LogP contribution in [0.25, 0.3) is 0 Å². The molecule has 8 nitrogen and oxygen atoms in total. The maximum Gasteiger partial charge on any atom is 0.329 e. The summed E-state index contributed by atoms with van der Waals surface area (Å²) in [5.41, 5.74) is 6.03. The van der Waals surface area contributed by atoms with Crippen molar-refractivity contribution in [2.24, 2.45) is 5.73 Å². The number of anilines is 1. The van der Waals surface area contributed by atoms with Crippen molar-refractivity contribution < 1.29 is 24.6 Å². The van der Waals surface area contributed by atoms with Crippen molar-refractivity contribution in [2.45, 2.75) is 31.3 Å². The molecule has 0 heterocycles. The molecular formula is C22H27N3O5. The van der Waals surface area contributed by atoms with Crippen LogP contribution in [-0.2, 0) is 14.4 Å². The van der Waals surface area contributed by atoms with Crippen molar-refractivity contribution in [3.05, 3.63) is 66.2 Å². The van der Waals surface area contributed by atoms with E-state index >= 15 is 0 Å². The van der Waals surface area contributed by atoms with Crippen molar-refractivity contribution in [2.75, 3.05) is 18.0 Å². The Morgan fingerprint density at radius 3 is 1.97 bits per heavy atom. The summed E-state index contributed by atoms with van der Waals surface area (Å²) in [5.74, 6) is -2.29. The fraction of sp³-hybridized carbons (Fsp3) is 0.318. The molecule has 30 heavy (non-hydrogen) atoms. The molecule has 8 heteroatoms. The molecule has 0 aromatic heterocycles. The van der Waals surface area contributed by atoms with Crippen LogP contribution in [0.15, 0.2) is 60.7 Å². The number of carboxylic acids is 2. The lowest BCUT2D eigenvalue weighted by Crippen LogP contribution is -2.45.